The number of nitrogens with one attached hydrogen (secondary N) is 1. The molecule has 1 heterocycles. The van der Waals surface area contributed by atoms with E-state index < -0.39 is 11.2 Å². The van der Waals surface area contributed by atoms with Crippen molar-refractivity contribution in [2.75, 3.05) is 17.2 Å². The van der Waals surface area contributed by atoms with Crippen LogP contribution in [0.15, 0.2) is 9.59 Å². The molecule has 0 aliphatic heterocycles. The van der Waals surface area contributed by atoms with E-state index in [2.05, 4.69) is 4.98 Å². The van der Waals surface area contributed by atoms with Crippen molar-refractivity contribution in [3.63, 3.8) is 0 Å². The van der Waals surface area contributed by atoms with Gasteiger partial charge >= 0.3 is 5.69 Å². The molecule has 25 heavy (non-hydrogen) atoms. The third-order valence-corrected chi connectivity index (χ3v) is 5.86. The van der Waals surface area contributed by atoms with E-state index in [1.807, 2.05) is 13.8 Å². The van der Waals surface area contributed by atoms with Crippen LogP contribution in [0.4, 0.5) is 11.5 Å². The van der Waals surface area contributed by atoms with Crippen LogP contribution in [0.1, 0.15) is 52.4 Å². The van der Waals surface area contributed by atoms with Gasteiger partial charge in [-0.05, 0) is 44.4 Å². The van der Waals surface area contributed by atoms with Crippen molar-refractivity contribution in [2.24, 2.45) is 17.8 Å². The first-order valence-electron chi connectivity index (χ1n) is 9.41. The van der Waals surface area contributed by atoms with Crippen molar-refractivity contribution in [3.8, 4) is 0 Å². The van der Waals surface area contributed by atoms with Gasteiger partial charge in [-0.3, -0.25) is 19.1 Å². The number of aromatic amines is 1. The molecule has 3 N–H and O–H groups in total. The second kappa shape index (κ2) is 7.06. The molecule has 7 nitrogen and oxygen atoms in total. The minimum atomic E-state index is -0.575. The number of nitrogens with zero attached hydrogens (tertiary/aromatic N) is 2. The van der Waals surface area contributed by atoms with E-state index in [0.717, 1.165) is 32.1 Å². The number of carbonyl (C=O) groups is 1. The molecule has 138 valence electrons. The summed E-state index contributed by atoms with van der Waals surface area (Å²) in [5.74, 6) is 1.13. The molecule has 1 amide bonds. The van der Waals surface area contributed by atoms with Crippen LogP contribution < -0.4 is 21.9 Å². The van der Waals surface area contributed by atoms with Gasteiger partial charge < -0.3 is 10.6 Å². The Morgan fingerprint density at radius 3 is 2.60 bits per heavy atom. The number of hydrogen-bond donors (Lipinski definition) is 2. The molecule has 0 spiro atoms. The number of nitrogen functional groups attached to an aromatic ring is 1. The molecule has 0 radical (unpaired) electrons. The van der Waals surface area contributed by atoms with Gasteiger partial charge in [0, 0.05) is 19.0 Å². The molecule has 2 aliphatic carbocycles. The summed E-state index contributed by atoms with van der Waals surface area (Å²) in [6, 6.07) is 0. The number of fused-ring (bicyclic) bond motifs is 2. The Morgan fingerprint density at radius 1 is 1.28 bits per heavy atom. The Labute approximate surface area is 147 Å². The zero-order valence-corrected chi connectivity index (χ0v) is 15.1. The Kier molecular flexibility index (Phi) is 5.01. The number of rotatable bonds is 6. The first-order chi connectivity index (χ1) is 12.0. The molecular formula is C18H28N4O3. The standard InChI is InChI=1S/C18H28N4O3/c1-3-5-8-22-15(19)14(16(23)20-18(22)25)21(4-2)17(24)13-10-11-6-7-12(13)9-11/h11-13H,3-10,19H2,1-2H3,(H,20,23,25). The highest BCUT2D eigenvalue weighted by atomic mass is 16.2. The van der Waals surface area contributed by atoms with Crippen LogP contribution in [0, 0.1) is 17.8 Å². The molecule has 3 atom stereocenters. The molecule has 2 bridgehead atoms. The highest BCUT2D eigenvalue weighted by Gasteiger charge is 2.45. The topological polar surface area (TPSA) is 101 Å². The first kappa shape index (κ1) is 17.8. The van der Waals surface area contributed by atoms with Crippen molar-refractivity contribution < 1.29 is 4.79 Å². The number of aromatic nitrogens is 2. The Bertz CT molecular complexity index is 767. The summed E-state index contributed by atoms with van der Waals surface area (Å²) in [5, 5.41) is 0. The van der Waals surface area contributed by atoms with E-state index in [-0.39, 0.29) is 23.3 Å². The molecule has 3 rings (SSSR count). The van der Waals surface area contributed by atoms with E-state index >= 15 is 0 Å². The summed E-state index contributed by atoms with van der Waals surface area (Å²) >= 11 is 0. The van der Waals surface area contributed by atoms with Crippen LogP contribution in [0.25, 0.3) is 0 Å². The van der Waals surface area contributed by atoms with E-state index in [0.29, 0.717) is 24.9 Å². The predicted molar refractivity (Wildman–Crippen MR) is 97.6 cm³/mol. The molecule has 1 aromatic heterocycles. The lowest BCUT2D eigenvalue weighted by molar-refractivity contribution is -0.123. The van der Waals surface area contributed by atoms with Crippen molar-refractivity contribution in [1.29, 1.82) is 0 Å². The smallest absolute Gasteiger partial charge is 0.330 e. The van der Waals surface area contributed by atoms with Gasteiger partial charge in [-0.1, -0.05) is 19.8 Å². The number of anilines is 2. The molecule has 7 heteroatoms. The van der Waals surface area contributed by atoms with Crippen molar-refractivity contribution >= 4 is 17.4 Å². The molecule has 0 saturated heterocycles. The summed E-state index contributed by atoms with van der Waals surface area (Å²) in [4.78, 5) is 41.4. The fraction of sp³-hybridized carbons (Fsp3) is 0.722. The number of nitrogens with two attached hydrogens (primary N) is 1. The number of amides is 1. The predicted octanol–water partition coefficient (Wildman–Crippen LogP) is 1.71. The number of unbranched alkanes of at least 4 members (excludes halogenated alkanes) is 1. The lowest BCUT2D eigenvalue weighted by atomic mass is 9.87. The molecular weight excluding hydrogens is 320 g/mol. The lowest BCUT2D eigenvalue weighted by Crippen LogP contribution is -2.44. The van der Waals surface area contributed by atoms with Gasteiger partial charge in [0.25, 0.3) is 5.56 Å². The summed E-state index contributed by atoms with van der Waals surface area (Å²) in [6.07, 6.45) is 6.03. The zero-order valence-electron chi connectivity index (χ0n) is 15.1. The molecule has 2 fully saturated rings. The normalized spacial score (nSPS) is 24.6. The third kappa shape index (κ3) is 3.12. The van der Waals surface area contributed by atoms with Crippen molar-refractivity contribution in [3.05, 3.63) is 20.8 Å². The average molecular weight is 348 g/mol. The minimum absolute atomic E-state index is 0.0199. The van der Waals surface area contributed by atoms with Gasteiger partial charge in [0.1, 0.15) is 5.82 Å². The van der Waals surface area contributed by atoms with Crippen molar-refractivity contribution in [1.82, 2.24) is 9.55 Å². The van der Waals surface area contributed by atoms with Gasteiger partial charge in [-0.25, -0.2) is 4.79 Å². The largest absolute Gasteiger partial charge is 0.383 e. The summed E-state index contributed by atoms with van der Waals surface area (Å²) < 4.78 is 1.37. The third-order valence-electron chi connectivity index (χ3n) is 5.86. The summed E-state index contributed by atoms with van der Waals surface area (Å²) in [7, 11) is 0. The Morgan fingerprint density at radius 2 is 2.04 bits per heavy atom. The van der Waals surface area contributed by atoms with E-state index in [9.17, 15) is 14.4 Å². The second-order valence-corrected chi connectivity index (χ2v) is 7.36. The van der Waals surface area contributed by atoms with Crippen molar-refractivity contribution in [2.45, 2.75) is 58.9 Å². The van der Waals surface area contributed by atoms with E-state index in [4.69, 9.17) is 5.73 Å². The zero-order chi connectivity index (χ0) is 18.1. The van der Waals surface area contributed by atoms with Gasteiger partial charge in [0.05, 0.1) is 0 Å². The number of carbonyl (C=O) groups excluding carboxylic acids is 1. The van der Waals surface area contributed by atoms with Crippen LogP contribution in [0.3, 0.4) is 0 Å². The highest BCUT2D eigenvalue weighted by Crippen LogP contribution is 2.49. The Hall–Kier alpha value is -2.05. The van der Waals surface area contributed by atoms with Crippen LogP contribution in [-0.4, -0.2) is 22.0 Å². The van der Waals surface area contributed by atoms with Crippen LogP contribution in [0.5, 0.6) is 0 Å². The van der Waals surface area contributed by atoms with Crippen LogP contribution >= 0.6 is 0 Å². The number of hydrogen-bond acceptors (Lipinski definition) is 4. The molecule has 0 aromatic carbocycles. The van der Waals surface area contributed by atoms with E-state index in [1.54, 1.807) is 0 Å². The first-order valence-corrected chi connectivity index (χ1v) is 9.41. The maximum absolute atomic E-state index is 13.1. The SMILES string of the molecule is CCCCn1c(N)c(N(CC)C(=O)C2CC3CCC2C3)c(=O)[nH]c1=O. The van der Waals surface area contributed by atoms with E-state index in [1.165, 1.54) is 15.9 Å². The molecule has 2 saturated carbocycles. The fourth-order valence-corrected chi connectivity index (χ4v) is 4.55. The second-order valence-electron chi connectivity index (χ2n) is 7.36. The maximum Gasteiger partial charge on any atom is 0.330 e. The summed E-state index contributed by atoms with van der Waals surface area (Å²) in [6.45, 7) is 4.66. The maximum atomic E-state index is 13.1. The van der Waals surface area contributed by atoms with Gasteiger partial charge in [0.15, 0.2) is 5.69 Å². The number of H-pyrrole nitrogens is 1. The van der Waals surface area contributed by atoms with Crippen LogP contribution in [-0.2, 0) is 11.3 Å². The molecule has 1 aromatic rings. The summed E-state index contributed by atoms with van der Waals surface area (Å²) in [5.41, 5.74) is 5.21. The molecule has 2 aliphatic rings. The highest BCUT2D eigenvalue weighted by molar-refractivity contribution is 5.97. The van der Waals surface area contributed by atoms with Gasteiger partial charge in [-0.2, -0.15) is 0 Å². The van der Waals surface area contributed by atoms with Crippen LogP contribution in [0.2, 0.25) is 0 Å². The minimum Gasteiger partial charge on any atom is -0.383 e. The monoisotopic (exact) mass is 348 g/mol. The fourth-order valence-electron chi connectivity index (χ4n) is 4.55. The van der Waals surface area contributed by atoms with Gasteiger partial charge in [-0.15, -0.1) is 0 Å². The average Bonchev–Trinajstić information content (AvgIpc) is 3.21. The quantitative estimate of drug-likeness (QED) is 0.817. The Balaban J connectivity index is 1.96. The van der Waals surface area contributed by atoms with Gasteiger partial charge in [0.2, 0.25) is 5.91 Å². The lowest BCUT2D eigenvalue weighted by Gasteiger charge is -2.29. The molecule has 3 unspecified atom stereocenters.